The largest absolute Gasteiger partial charge is 0.364 e. The Labute approximate surface area is 140 Å². The first-order chi connectivity index (χ1) is 10.5. The molecule has 3 N–H and O–H groups in total. The van der Waals surface area contributed by atoms with Gasteiger partial charge in [-0.2, -0.15) is 10.2 Å². The summed E-state index contributed by atoms with van der Waals surface area (Å²) in [5.74, 6) is -0.318. The van der Waals surface area contributed by atoms with Crippen molar-refractivity contribution in [3.05, 3.63) is 35.6 Å². The molecule has 1 aromatic rings. The van der Waals surface area contributed by atoms with Crippen LogP contribution in [0.25, 0.3) is 0 Å². The maximum absolute atomic E-state index is 13.1. The molecule has 1 aromatic carbocycles. The van der Waals surface area contributed by atoms with E-state index >= 15 is 0 Å². The molecule has 0 aromatic heterocycles. The number of hydrogen-bond acceptors (Lipinski definition) is 4. The van der Waals surface area contributed by atoms with Gasteiger partial charge in [0.05, 0.1) is 10.7 Å². The van der Waals surface area contributed by atoms with Crippen LogP contribution in [0.2, 0.25) is 0 Å². The minimum absolute atomic E-state index is 0.318. The highest BCUT2D eigenvalue weighted by Gasteiger charge is 2.09. The van der Waals surface area contributed by atoms with Crippen LogP contribution in [0, 0.1) is 5.82 Å². The molecule has 0 aliphatic rings. The molecule has 0 spiro atoms. The maximum atomic E-state index is 13.1. The Kier molecular flexibility index (Phi) is 7.55. The van der Waals surface area contributed by atoms with E-state index in [1.54, 1.807) is 26.1 Å². The minimum Gasteiger partial charge on any atom is -0.364 e. The van der Waals surface area contributed by atoms with E-state index in [0.717, 1.165) is 0 Å². The summed E-state index contributed by atoms with van der Waals surface area (Å²) in [5, 5.41) is 11.5. The highest BCUT2D eigenvalue weighted by molar-refractivity contribution is 7.80. The Hall–Kier alpha value is -1.93. The molecule has 8 heteroatoms. The zero-order valence-corrected chi connectivity index (χ0v) is 14.2. The molecule has 0 unspecified atom stereocenters. The van der Waals surface area contributed by atoms with Crippen molar-refractivity contribution in [2.45, 2.75) is 20.3 Å². The number of halogens is 1. The average Bonchev–Trinajstić information content (AvgIpc) is 2.53. The van der Waals surface area contributed by atoms with Crippen LogP contribution in [0.5, 0.6) is 0 Å². The van der Waals surface area contributed by atoms with Gasteiger partial charge in [-0.15, -0.1) is 0 Å². The van der Waals surface area contributed by atoms with Gasteiger partial charge in [-0.3, -0.25) is 10.9 Å². The van der Waals surface area contributed by atoms with Crippen molar-refractivity contribution in [3.8, 4) is 0 Å². The highest BCUT2D eigenvalue weighted by Crippen LogP contribution is 2.06. The summed E-state index contributed by atoms with van der Waals surface area (Å²) in [6.45, 7) is 3.71. The van der Waals surface area contributed by atoms with E-state index in [-0.39, 0.29) is 5.82 Å². The minimum atomic E-state index is -0.318. The van der Waals surface area contributed by atoms with Crippen LogP contribution >= 0.6 is 24.4 Å². The van der Waals surface area contributed by atoms with E-state index in [1.165, 1.54) is 12.1 Å². The second kappa shape index (κ2) is 9.16. The van der Waals surface area contributed by atoms with Gasteiger partial charge in [-0.1, -0.05) is 19.1 Å². The van der Waals surface area contributed by atoms with Crippen molar-refractivity contribution < 1.29 is 4.39 Å². The van der Waals surface area contributed by atoms with Gasteiger partial charge in [0.1, 0.15) is 11.5 Å². The van der Waals surface area contributed by atoms with E-state index in [0.29, 0.717) is 33.5 Å². The molecule has 0 saturated heterocycles. The normalized spacial score (nSPS) is 11.8. The number of rotatable bonds is 5. The molecule has 5 nitrogen and oxygen atoms in total. The third-order valence-corrected chi connectivity index (χ3v) is 3.30. The Morgan fingerprint density at radius 1 is 1.14 bits per heavy atom. The molecule has 1 rings (SSSR count). The highest BCUT2D eigenvalue weighted by atomic mass is 32.1. The number of thiocarbonyl (C=S) groups is 2. The number of benzene rings is 1. The van der Waals surface area contributed by atoms with Crippen LogP contribution in [0.4, 0.5) is 4.39 Å². The monoisotopic (exact) mass is 339 g/mol. The maximum Gasteiger partial charge on any atom is 0.186 e. The first kappa shape index (κ1) is 18.1. The number of nitrogens with zero attached hydrogens (tertiary/aromatic N) is 2. The SMILES string of the molecule is CCC(=S)NN=C(C)C(=NNC(=S)NC)c1ccc(F)cc1. The summed E-state index contributed by atoms with van der Waals surface area (Å²) in [7, 11) is 1.69. The van der Waals surface area contributed by atoms with Gasteiger partial charge >= 0.3 is 0 Å². The third-order valence-electron chi connectivity index (χ3n) is 2.63. The van der Waals surface area contributed by atoms with E-state index in [4.69, 9.17) is 24.4 Å². The van der Waals surface area contributed by atoms with Crippen LogP contribution in [-0.4, -0.2) is 28.6 Å². The van der Waals surface area contributed by atoms with Crippen LogP contribution in [0.1, 0.15) is 25.8 Å². The predicted molar refractivity (Wildman–Crippen MR) is 96.9 cm³/mol. The molecule has 0 aliphatic carbocycles. The Balaban J connectivity index is 3.07. The lowest BCUT2D eigenvalue weighted by atomic mass is 10.1. The van der Waals surface area contributed by atoms with Gasteiger partial charge in [-0.05, 0) is 49.8 Å². The topological polar surface area (TPSA) is 60.8 Å². The summed E-state index contributed by atoms with van der Waals surface area (Å²) in [6, 6.07) is 5.96. The second-order valence-corrected chi connectivity index (χ2v) is 5.15. The van der Waals surface area contributed by atoms with Crippen molar-refractivity contribution in [3.63, 3.8) is 0 Å². The van der Waals surface area contributed by atoms with Crippen LogP contribution in [0.3, 0.4) is 0 Å². The molecule has 0 aliphatic heterocycles. The lowest BCUT2D eigenvalue weighted by Crippen LogP contribution is -2.31. The Bertz CT molecular complexity index is 596. The summed E-state index contributed by atoms with van der Waals surface area (Å²) in [6.07, 6.45) is 0.692. The van der Waals surface area contributed by atoms with Gasteiger partial charge in [-0.25, -0.2) is 4.39 Å². The molecule has 0 fully saturated rings. The van der Waals surface area contributed by atoms with Crippen molar-refractivity contribution in [1.29, 1.82) is 0 Å². The number of hydrogen-bond donors (Lipinski definition) is 3. The van der Waals surface area contributed by atoms with E-state index < -0.39 is 0 Å². The summed E-state index contributed by atoms with van der Waals surface area (Å²) in [5.41, 5.74) is 7.31. The molecule has 0 amide bonds. The molecule has 118 valence electrons. The molecule has 22 heavy (non-hydrogen) atoms. The quantitative estimate of drug-likeness (QED) is 0.437. The van der Waals surface area contributed by atoms with E-state index in [2.05, 4.69) is 26.4 Å². The molecule has 0 radical (unpaired) electrons. The Morgan fingerprint density at radius 3 is 2.32 bits per heavy atom. The first-order valence-corrected chi connectivity index (χ1v) is 7.44. The van der Waals surface area contributed by atoms with E-state index in [9.17, 15) is 4.39 Å². The second-order valence-electron chi connectivity index (χ2n) is 4.24. The van der Waals surface area contributed by atoms with Gasteiger partial charge in [0.2, 0.25) is 0 Å². The van der Waals surface area contributed by atoms with Crippen LogP contribution in [0.15, 0.2) is 34.5 Å². The zero-order chi connectivity index (χ0) is 16.5. The smallest absolute Gasteiger partial charge is 0.186 e. The van der Waals surface area contributed by atoms with Crippen molar-refractivity contribution in [1.82, 2.24) is 16.2 Å². The summed E-state index contributed by atoms with van der Waals surface area (Å²) >= 11 is 10.1. The fourth-order valence-corrected chi connectivity index (χ4v) is 1.49. The van der Waals surface area contributed by atoms with E-state index in [1.807, 2.05) is 6.92 Å². The number of hydrazone groups is 2. The van der Waals surface area contributed by atoms with Crippen LogP contribution in [-0.2, 0) is 0 Å². The standard InChI is InChI=1S/C14H18FN5S2/c1-4-12(21)18-17-9(2)13(19-20-14(22)16-3)10-5-7-11(15)8-6-10/h5-8H,4H2,1-3H3,(H,18,21)(H2,16,20,22). The predicted octanol–water partition coefficient (Wildman–Crippen LogP) is 2.33. The van der Waals surface area contributed by atoms with Crippen LogP contribution < -0.4 is 16.2 Å². The fourth-order valence-electron chi connectivity index (χ4n) is 1.40. The van der Waals surface area contributed by atoms with Gasteiger partial charge < -0.3 is 5.32 Å². The molecular formula is C14H18FN5S2. The molecular weight excluding hydrogens is 321 g/mol. The average molecular weight is 339 g/mol. The Morgan fingerprint density at radius 2 is 1.77 bits per heavy atom. The number of nitrogens with one attached hydrogen (secondary N) is 3. The fraction of sp³-hybridized carbons (Fsp3) is 0.286. The molecule has 0 heterocycles. The summed E-state index contributed by atoms with van der Waals surface area (Å²) < 4.78 is 13.1. The molecule has 0 bridgehead atoms. The molecule has 0 saturated carbocycles. The van der Waals surface area contributed by atoms with Gasteiger partial charge in [0.25, 0.3) is 0 Å². The molecule has 0 atom stereocenters. The van der Waals surface area contributed by atoms with Gasteiger partial charge in [0, 0.05) is 12.6 Å². The lowest BCUT2D eigenvalue weighted by Gasteiger charge is -2.09. The van der Waals surface area contributed by atoms with Gasteiger partial charge in [0.15, 0.2) is 5.11 Å². The zero-order valence-electron chi connectivity index (χ0n) is 12.6. The third kappa shape index (κ3) is 5.82. The van der Waals surface area contributed by atoms with Crippen molar-refractivity contribution in [2.24, 2.45) is 10.2 Å². The van der Waals surface area contributed by atoms with Crippen molar-refractivity contribution in [2.75, 3.05) is 7.05 Å². The first-order valence-electron chi connectivity index (χ1n) is 6.62. The summed E-state index contributed by atoms with van der Waals surface area (Å²) in [4.78, 5) is 0.622. The lowest BCUT2D eigenvalue weighted by molar-refractivity contribution is 0.628. The van der Waals surface area contributed by atoms with Crippen molar-refractivity contribution >= 4 is 46.0 Å².